The predicted molar refractivity (Wildman–Crippen MR) is 59.8 cm³/mol. The molecule has 20 heavy (non-hydrogen) atoms. The second kappa shape index (κ2) is 4.78. The minimum Gasteiger partial charge on any atom is -0.481 e. The molecule has 0 amide bonds. The number of rotatable bonds is 3. The lowest BCUT2D eigenvalue weighted by Crippen LogP contribution is -2.16. The Morgan fingerprint density at radius 1 is 1.40 bits per heavy atom. The van der Waals surface area contributed by atoms with Crippen molar-refractivity contribution in [3.63, 3.8) is 0 Å². The van der Waals surface area contributed by atoms with Crippen molar-refractivity contribution in [1.29, 1.82) is 0 Å². The largest absolute Gasteiger partial charge is 0.481 e. The first-order valence-corrected chi connectivity index (χ1v) is 5.49. The Kier molecular flexibility index (Phi) is 3.42. The average Bonchev–Trinajstić information content (AvgIpc) is 2.92. The third-order valence-corrected chi connectivity index (χ3v) is 2.68. The van der Waals surface area contributed by atoms with Crippen molar-refractivity contribution < 1.29 is 22.4 Å². The van der Waals surface area contributed by atoms with E-state index in [0.717, 1.165) is 0 Å². The molecule has 0 fully saturated rings. The Balaban J connectivity index is 2.42. The first-order valence-electron chi connectivity index (χ1n) is 5.49. The van der Waals surface area contributed by atoms with Gasteiger partial charge in [0.15, 0.2) is 5.82 Å². The van der Waals surface area contributed by atoms with E-state index in [4.69, 9.17) is 10.5 Å². The Hall–Kier alpha value is -2.10. The number of alkyl halides is 3. The Labute approximate surface area is 111 Å². The highest BCUT2D eigenvalue weighted by Gasteiger charge is 2.39. The van der Waals surface area contributed by atoms with Crippen molar-refractivity contribution in [1.82, 2.24) is 19.9 Å². The molecule has 2 aromatic rings. The van der Waals surface area contributed by atoms with E-state index in [9.17, 15) is 13.2 Å². The molecule has 2 rings (SSSR count). The molecule has 0 saturated heterocycles. The van der Waals surface area contributed by atoms with Crippen LogP contribution in [-0.4, -0.2) is 27.0 Å². The maximum Gasteiger partial charge on any atom is 0.471 e. The lowest BCUT2D eigenvalue weighted by Gasteiger charge is -2.09. The van der Waals surface area contributed by atoms with Gasteiger partial charge in [0.1, 0.15) is 6.04 Å². The van der Waals surface area contributed by atoms with Gasteiger partial charge in [-0.25, -0.2) is 4.68 Å². The third kappa shape index (κ3) is 2.33. The van der Waals surface area contributed by atoms with Crippen LogP contribution in [0.2, 0.25) is 0 Å². The quantitative estimate of drug-likeness (QED) is 0.913. The van der Waals surface area contributed by atoms with Gasteiger partial charge in [-0.05, 0) is 6.92 Å². The summed E-state index contributed by atoms with van der Waals surface area (Å²) in [6, 6.07) is -1.03. The van der Waals surface area contributed by atoms with Crippen LogP contribution < -0.4 is 10.5 Å². The van der Waals surface area contributed by atoms with Crippen LogP contribution in [0.3, 0.4) is 0 Å². The molecule has 0 aromatic carbocycles. The molecule has 0 aliphatic heterocycles. The molecule has 0 bridgehead atoms. The van der Waals surface area contributed by atoms with Crippen molar-refractivity contribution in [2.24, 2.45) is 12.8 Å². The molecule has 0 spiro atoms. The van der Waals surface area contributed by atoms with E-state index < -0.39 is 18.1 Å². The number of hydrogen-bond acceptors (Lipinski definition) is 6. The van der Waals surface area contributed by atoms with Crippen LogP contribution >= 0.6 is 0 Å². The molecule has 2 aromatic heterocycles. The maximum absolute atomic E-state index is 12.4. The average molecular weight is 291 g/mol. The fourth-order valence-corrected chi connectivity index (χ4v) is 1.86. The molecule has 2 N–H and O–H groups in total. The van der Waals surface area contributed by atoms with Crippen LogP contribution in [0.1, 0.15) is 29.0 Å². The number of methoxy groups -OCH3 is 1. The number of nitrogens with two attached hydrogens (primary N) is 1. The van der Waals surface area contributed by atoms with Gasteiger partial charge in [-0.15, -0.1) is 0 Å². The zero-order valence-electron chi connectivity index (χ0n) is 10.9. The van der Waals surface area contributed by atoms with E-state index >= 15 is 0 Å². The van der Waals surface area contributed by atoms with E-state index in [1.807, 2.05) is 0 Å². The van der Waals surface area contributed by atoms with Crippen LogP contribution in [0.4, 0.5) is 13.2 Å². The number of ether oxygens (including phenoxy) is 1. The number of nitrogens with zero attached hydrogens (tertiary/aromatic N) is 4. The number of aryl methyl sites for hydroxylation is 2. The molecule has 0 aliphatic carbocycles. The summed E-state index contributed by atoms with van der Waals surface area (Å²) in [5.41, 5.74) is 6.79. The van der Waals surface area contributed by atoms with Crippen molar-refractivity contribution in [2.75, 3.05) is 7.11 Å². The molecule has 0 aliphatic rings. The molecular formula is C10H12F3N5O2. The van der Waals surface area contributed by atoms with Gasteiger partial charge in [-0.3, -0.25) is 0 Å². The number of halogens is 3. The fraction of sp³-hybridized carbons (Fsp3) is 0.500. The highest BCUT2D eigenvalue weighted by atomic mass is 19.4. The molecular weight excluding hydrogens is 279 g/mol. The Morgan fingerprint density at radius 2 is 2.05 bits per heavy atom. The molecule has 110 valence electrons. The summed E-state index contributed by atoms with van der Waals surface area (Å²) in [6.45, 7) is 1.66. The smallest absolute Gasteiger partial charge is 0.471 e. The van der Waals surface area contributed by atoms with Crippen LogP contribution in [-0.2, 0) is 13.2 Å². The van der Waals surface area contributed by atoms with Crippen LogP contribution in [0.25, 0.3) is 0 Å². The van der Waals surface area contributed by atoms with Crippen molar-refractivity contribution in [3.8, 4) is 5.88 Å². The topological polar surface area (TPSA) is 92.0 Å². The van der Waals surface area contributed by atoms with Gasteiger partial charge in [-0.1, -0.05) is 5.16 Å². The van der Waals surface area contributed by atoms with Gasteiger partial charge in [-0.2, -0.15) is 23.3 Å². The standard InChI is InChI=1S/C10H12F3N5O2/c1-4-5(8(19-3)18(2)16-4)6(14)7-15-9(20-17-7)10(11,12)13/h6H,14H2,1-3H3. The van der Waals surface area contributed by atoms with Gasteiger partial charge in [0.05, 0.1) is 18.4 Å². The molecule has 10 heteroatoms. The summed E-state index contributed by atoms with van der Waals surface area (Å²) < 4.78 is 48.0. The summed E-state index contributed by atoms with van der Waals surface area (Å²) in [7, 11) is 3.03. The first-order chi connectivity index (χ1) is 9.25. The molecule has 1 unspecified atom stereocenters. The SMILES string of the molecule is COc1c(C(N)c2noc(C(F)(F)F)n2)c(C)nn1C. The zero-order valence-corrected chi connectivity index (χ0v) is 10.9. The lowest BCUT2D eigenvalue weighted by atomic mass is 10.1. The second-order valence-corrected chi connectivity index (χ2v) is 4.07. The molecule has 0 saturated carbocycles. The normalized spacial score (nSPS) is 13.6. The summed E-state index contributed by atoms with van der Waals surface area (Å²) in [5.74, 6) is -1.40. The predicted octanol–water partition coefficient (Wildman–Crippen LogP) is 1.19. The monoisotopic (exact) mass is 291 g/mol. The maximum atomic E-state index is 12.4. The van der Waals surface area contributed by atoms with Crippen molar-refractivity contribution in [3.05, 3.63) is 23.0 Å². The first kappa shape index (κ1) is 14.3. The highest BCUT2D eigenvalue weighted by Crippen LogP contribution is 2.32. The third-order valence-electron chi connectivity index (χ3n) is 2.68. The van der Waals surface area contributed by atoms with Gasteiger partial charge in [0.2, 0.25) is 5.88 Å². The Bertz CT molecular complexity index is 619. The Morgan fingerprint density at radius 3 is 2.55 bits per heavy atom. The van der Waals surface area contributed by atoms with Crippen LogP contribution in [0.5, 0.6) is 5.88 Å². The fourth-order valence-electron chi connectivity index (χ4n) is 1.86. The molecule has 7 nitrogen and oxygen atoms in total. The summed E-state index contributed by atoms with van der Waals surface area (Å²) in [5, 5.41) is 7.35. The minimum atomic E-state index is -4.71. The molecule has 1 atom stereocenters. The van der Waals surface area contributed by atoms with Crippen molar-refractivity contribution >= 4 is 0 Å². The number of hydrogen-bond donors (Lipinski definition) is 1. The van der Waals surface area contributed by atoms with E-state index in [1.165, 1.54) is 11.8 Å². The summed E-state index contributed by atoms with van der Waals surface area (Å²) in [6.07, 6.45) is -4.71. The zero-order chi connectivity index (χ0) is 15.1. The van der Waals surface area contributed by atoms with E-state index in [-0.39, 0.29) is 5.82 Å². The van der Waals surface area contributed by atoms with E-state index in [1.54, 1.807) is 14.0 Å². The summed E-state index contributed by atoms with van der Waals surface area (Å²) >= 11 is 0. The number of aromatic nitrogens is 4. The van der Waals surface area contributed by atoms with Gasteiger partial charge >= 0.3 is 12.1 Å². The van der Waals surface area contributed by atoms with Crippen molar-refractivity contribution in [2.45, 2.75) is 19.1 Å². The van der Waals surface area contributed by atoms with Gasteiger partial charge < -0.3 is 15.0 Å². The highest BCUT2D eigenvalue weighted by molar-refractivity contribution is 5.37. The summed E-state index contributed by atoms with van der Waals surface area (Å²) in [4.78, 5) is 3.26. The van der Waals surface area contributed by atoms with Gasteiger partial charge in [0.25, 0.3) is 0 Å². The molecule has 0 radical (unpaired) electrons. The van der Waals surface area contributed by atoms with Crippen LogP contribution in [0, 0.1) is 6.92 Å². The van der Waals surface area contributed by atoms with Crippen LogP contribution in [0.15, 0.2) is 4.52 Å². The minimum absolute atomic E-state index is 0.285. The second-order valence-electron chi connectivity index (χ2n) is 4.07. The van der Waals surface area contributed by atoms with E-state index in [0.29, 0.717) is 17.1 Å². The van der Waals surface area contributed by atoms with Gasteiger partial charge in [0, 0.05) is 7.05 Å². The molecule has 2 heterocycles. The lowest BCUT2D eigenvalue weighted by molar-refractivity contribution is -0.159. The van der Waals surface area contributed by atoms with E-state index in [2.05, 4.69) is 19.8 Å².